The number of pyridine rings is 1. The molecular weight excluding hydrogens is 492 g/mol. The first-order valence-corrected chi connectivity index (χ1v) is 12.8. The molecule has 3 aliphatic heterocycles. The van der Waals surface area contributed by atoms with E-state index in [0.717, 1.165) is 75.4 Å². The van der Waals surface area contributed by atoms with E-state index in [9.17, 15) is 9.59 Å². The number of aromatic nitrogens is 2. The predicted molar refractivity (Wildman–Crippen MR) is 136 cm³/mol. The molecule has 0 saturated carbocycles. The third-order valence-electron chi connectivity index (χ3n) is 7.42. The lowest BCUT2D eigenvalue weighted by Gasteiger charge is -2.16. The number of halogens is 1. The van der Waals surface area contributed by atoms with Gasteiger partial charge in [-0.2, -0.15) is 0 Å². The first-order valence-electron chi connectivity index (χ1n) is 12.4. The molecular formula is C28H23ClN4O4. The van der Waals surface area contributed by atoms with Crippen LogP contribution in [0.4, 0.5) is 0 Å². The highest BCUT2D eigenvalue weighted by molar-refractivity contribution is 6.31. The van der Waals surface area contributed by atoms with Crippen LogP contribution in [0.25, 0.3) is 22.0 Å². The van der Waals surface area contributed by atoms with Gasteiger partial charge in [0.2, 0.25) is 11.8 Å². The van der Waals surface area contributed by atoms with Gasteiger partial charge < -0.3 is 14.6 Å². The Kier molecular flexibility index (Phi) is 5.26. The summed E-state index contributed by atoms with van der Waals surface area (Å²) in [7, 11) is 0. The maximum absolute atomic E-state index is 12.1. The van der Waals surface area contributed by atoms with Gasteiger partial charge in [0, 0.05) is 72.1 Å². The van der Waals surface area contributed by atoms with Gasteiger partial charge in [-0.1, -0.05) is 28.9 Å². The molecule has 1 unspecified atom stereocenters. The first-order chi connectivity index (χ1) is 18.0. The van der Waals surface area contributed by atoms with Crippen molar-refractivity contribution in [3.8, 4) is 16.9 Å². The first kappa shape index (κ1) is 22.4. The molecule has 3 aliphatic rings. The lowest BCUT2D eigenvalue weighted by Crippen LogP contribution is -2.28. The number of rotatable bonds is 4. The van der Waals surface area contributed by atoms with Gasteiger partial charge in [0.15, 0.2) is 11.9 Å². The van der Waals surface area contributed by atoms with E-state index in [4.69, 9.17) is 20.9 Å². The zero-order chi connectivity index (χ0) is 25.1. The highest BCUT2D eigenvalue weighted by Gasteiger charge is 2.34. The van der Waals surface area contributed by atoms with Crippen LogP contribution < -0.4 is 10.1 Å². The molecule has 1 saturated heterocycles. The monoisotopic (exact) mass is 514 g/mol. The molecule has 1 fully saturated rings. The summed E-state index contributed by atoms with van der Waals surface area (Å²) < 4.78 is 12.3. The normalized spacial score (nSPS) is 18.8. The molecule has 2 aromatic carbocycles. The number of imide groups is 1. The number of nitrogens with zero attached hydrogens (tertiary/aromatic N) is 3. The van der Waals surface area contributed by atoms with E-state index in [2.05, 4.69) is 15.5 Å². The van der Waals surface area contributed by atoms with Crippen LogP contribution in [0.2, 0.25) is 5.02 Å². The van der Waals surface area contributed by atoms with Crippen molar-refractivity contribution < 1.29 is 18.8 Å². The number of likely N-dealkylation sites (tertiary alicyclic amines) is 1. The largest absolute Gasteiger partial charge is 0.481 e. The van der Waals surface area contributed by atoms with E-state index in [1.165, 1.54) is 4.90 Å². The average Bonchev–Trinajstić information content (AvgIpc) is 3.61. The molecule has 5 heterocycles. The second-order valence-corrected chi connectivity index (χ2v) is 10.2. The SMILES string of the molecule is O=C1CCC(=O)N1Cc1ccc2c(-c3cc(Cl)cc4c3OC(c3onc5c3CNCC5)C4)ccnc2c1. The molecule has 1 N–H and O–H groups in total. The van der Waals surface area contributed by atoms with E-state index in [-0.39, 0.29) is 37.3 Å². The molecule has 7 rings (SSSR count). The van der Waals surface area contributed by atoms with Crippen LogP contribution in [0.5, 0.6) is 5.75 Å². The van der Waals surface area contributed by atoms with E-state index in [1.54, 1.807) is 6.20 Å². The van der Waals surface area contributed by atoms with E-state index in [1.807, 2.05) is 36.4 Å². The quantitative estimate of drug-likeness (QED) is 0.400. The fourth-order valence-electron chi connectivity index (χ4n) is 5.60. The minimum absolute atomic E-state index is 0.128. The Balaban J connectivity index is 1.25. The molecule has 4 aromatic rings. The zero-order valence-corrected chi connectivity index (χ0v) is 20.7. The maximum atomic E-state index is 12.1. The van der Waals surface area contributed by atoms with Crippen molar-refractivity contribution in [3.05, 3.63) is 75.8 Å². The molecule has 186 valence electrons. The van der Waals surface area contributed by atoms with Crippen molar-refractivity contribution in [2.45, 2.75) is 44.9 Å². The van der Waals surface area contributed by atoms with Gasteiger partial charge in [-0.25, -0.2) is 0 Å². The molecule has 8 nitrogen and oxygen atoms in total. The van der Waals surface area contributed by atoms with E-state index in [0.29, 0.717) is 11.4 Å². The molecule has 2 aromatic heterocycles. The third-order valence-corrected chi connectivity index (χ3v) is 7.64. The standard InChI is InChI=1S/C28H23ClN4O4/c29-17-10-16-11-24(28-21-13-30-7-6-22(21)32-37-28)36-27(16)20(12-17)18-5-8-31-23-9-15(1-2-19(18)23)14-33-25(34)3-4-26(33)35/h1-2,5,8-10,12,24,30H,3-4,6-7,11,13-14H2. The number of amides is 2. The van der Waals surface area contributed by atoms with Crippen LogP contribution in [0, 0.1) is 0 Å². The van der Waals surface area contributed by atoms with Gasteiger partial charge in [0.25, 0.3) is 0 Å². The molecule has 9 heteroatoms. The smallest absolute Gasteiger partial charge is 0.229 e. The van der Waals surface area contributed by atoms with Crippen LogP contribution >= 0.6 is 11.6 Å². The van der Waals surface area contributed by atoms with Crippen LogP contribution in [0.1, 0.15) is 47.1 Å². The Morgan fingerprint density at radius 1 is 1.05 bits per heavy atom. The number of nitrogens with one attached hydrogen (secondary N) is 1. The Morgan fingerprint density at radius 2 is 1.92 bits per heavy atom. The topological polar surface area (TPSA) is 97.6 Å². The Bertz CT molecular complexity index is 1580. The summed E-state index contributed by atoms with van der Waals surface area (Å²) >= 11 is 6.58. The van der Waals surface area contributed by atoms with Gasteiger partial charge >= 0.3 is 0 Å². The fraction of sp³-hybridized carbons (Fsp3) is 0.286. The molecule has 0 radical (unpaired) electrons. The lowest BCUT2D eigenvalue weighted by molar-refractivity contribution is -0.139. The summed E-state index contributed by atoms with van der Waals surface area (Å²) in [4.78, 5) is 30.0. The number of hydrogen-bond donors (Lipinski definition) is 1. The van der Waals surface area contributed by atoms with Crippen LogP contribution in [0.3, 0.4) is 0 Å². The minimum atomic E-state index is -0.265. The highest BCUT2D eigenvalue weighted by atomic mass is 35.5. The minimum Gasteiger partial charge on any atom is -0.481 e. The summed E-state index contributed by atoms with van der Waals surface area (Å²) in [5.41, 5.74) is 6.58. The predicted octanol–water partition coefficient (Wildman–Crippen LogP) is 4.51. The molecule has 0 spiro atoms. The molecule has 37 heavy (non-hydrogen) atoms. The van der Waals surface area contributed by atoms with Crippen molar-refractivity contribution >= 4 is 34.3 Å². The molecule has 0 aliphatic carbocycles. The summed E-state index contributed by atoms with van der Waals surface area (Å²) in [5, 5.41) is 9.23. The fourth-order valence-corrected chi connectivity index (χ4v) is 5.84. The molecule has 1 atom stereocenters. The van der Waals surface area contributed by atoms with Gasteiger partial charge in [0.05, 0.1) is 17.8 Å². The number of carbonyl (C=O) groups excluding carboxylic acids is 2. The number of hydrogen-bond acceptors (Lipinski definition) is 7. The maximum Gasteiger partial charge on any atom is 0.229 e. The van der Waals surface area contributed by atoms with Gasteiger partial charge in [-0.05, 0) is 35.4 Å². The number of fused-ring (bicyclic) bond motifs is 3. The van der Waals surface area contributed by atoms with Gasteiger partial charge in [-0.15, -0.1) is 0 Å². The summed E-state index contributed by atoms with van der Waals surface area (Å²) in [6.45, 7) is 1.88. The van der Waals surface area contributed by atoms with Crippen molar-refractivity contribution in [1.29, 1.82) is 0 Å². The number of benzene rings is 2. The van der Waals surface area contributed by atoms with Gasteiger partial charge in [0.1, 0.15) is 5.75 Å². The summed E-state index contributed by atoms with van der Waals surface area (Å²) in [6.07, 6.45) is 3.55. The lowest BCUT2D eigenvalue weighted by atomic mass is 9.96. The van der Waals surface area contributed by atoms with Crippen molar-refractivity contribution in [2.75, 3.05) is 6.54 Å². The van der Waals surface area contributed by atoms with Gasteiger partial charge in [-0.3, -0.25) is 19.5 Å². The number of carbonyl (C=O) groups is 2. The van der Waals surface area contributed by atoms with Crippen LogP contribution in [-0.2, 0) is 35.5 Å². The molecule has 2 amide bonds. The average molecular weight is 515 g/mol. The zero-order valence-electron chi connectivity index (χ0n) is 19.9. The van der Waals surface area contributed by atoms with Crippen molar-refractivity contribution in [2.24, 2.45) is 0 Å². The summed E-state index contributed by atoms with van der Waals surface area (Å²) in [6, 6.07) is 11.7. The van der Waals surface area contributed by atoms with E-state index < -0.39 is 0 Å². The van der Waals surface area contributed by atoms with Crippen LogP contribution in [-0.4, -0.2) is 33.4 Å². The second kappa shape index (κ2) is 8.68. The Morgan fingerprint density at radius 3 is 2.78 bits per heavy atom. The van der Waals surface area contributed by atoms with E-state index >= 15 is 0 Å². The Hall–Kier alpha value is -3.75. The van der Waals surface area contributed by atoms with Crippen LogP contribution in [0.15, 0.2) is 47.1 Å². The summed E-state index contributed by atoms with van der Waals surface area (Å²) in [5.74, 6) is 1.30. The Labute approximate surface area is 217 Å². The number of ether oxygens (including phenoxy) is 1. The molecule has 0 bridgehead atoms. The third kappa shape index (κ3) is 3.79. The van der Waals surface area contributed by atoms with Crippen molar-refractivity contribution in [1.82, 2.24) is 20.4 Å². The van der Waals surface area contributed by atoms with Crippen molar-refractivity contribution in [3.63, 3.8) is 0 Å². The second-order valence-electron chi connectivity index (χ2n) is 9.73. The highest BCUT2D eigenvalue weighted by Crippen LogP contribution is 2.47.